The van der Waals surface area contributed by atoms with E-state index in [-0.39, 0.29) is 24.0 Å². The molecule has 2 aromatic heterocycles. The SMILES string of the molecule is CN=C(NCCc1nc(C)no1)NCc1cc(Cl)c(Cl)n1C.I. The van der Waals surface area contributed by atoms with Crippen molar-refractivity contribution in [1.29, 1.82) is 0 Å². The summed E-state index contributed by atoms with van der Waals surface area (Å²) >= 11 is 12.0. The van der Waals surface area contributed by atoms with Crippen molar-refractivity contribution in [3.63, 3.8) is 0 Å². The van der Waals surface area contributed by atoms with Gasteiger partial charge in [-0.15, -0.1) is 24.0 Å². The second kappa shape index (κ2) is 9.33. The van der Waals surface area contributed by atoms with E-state index in [0.717, 1.165) is 5.69 Å². The molecule has 23 heavy (non-hydrogen) atoms. The Bertz CT molecular complexity index is 669. The Morgan fingerprint density at radius 2 is 2.13 bits per heavy atom. The Kier molecular flexibility index (Phi) is 8.13. The van der Waals surface area contributed by atoms with Crippen LogP contribution in [0.2, 0.25) is 10.2 Å². The molecule has 0 saturated heterocycles. The first-order valence-electron chi connectivity index (χ1n) is 6.74. The molecule has 0 aliphatic rings. The van der Waals surface area contributed by atoms with Crippen molar-refractivity contribution in [2.24, 2.45) is 12.0 Å². The molecule has 128 valence electrons. The molecule has 0 aromatic carbocycles. The standard InChI is InChI=1S/C13H18Cl2N6O.HI/c1-8-19-11(22-20-8)4-5-17-13(16-2)18-7-9-6-10(14)12(15)21(9)3;/h6H,4-5,7H2,1-3H3,(H2,16,17,18);1H. The zero-order valence-corrected chi connectivity index (χ0v) is 16.9. The van der Waals surface area contributed by atoms with Crippen molar-refractivity contribution in [1.82, 2.24) is 25.3 Å². The van der Waals surface area contributed by atoms with Gasteiger partial charge in [0.15, 0.2) is 11.8 Å². The summed E-state index contributed by atoms with van der Waals surface area (Å²) in [4.78, 5) is 8.29. The summed E-state index contributed by atoms with van der Waals surface area (Å²) in [5.74, 6) is 1.90. The van der Waals surface area contributed by atoms with Gasteiger partial charge in [-0.1, -0.05) is 28.4 Å². The van der Waals surface area contributed by atoms with Gasteiger partial charge in [-0.2, -0.15) is 4.98 Å². The fourth-order valence-electron chi connectivity index (χ4n) is 1.88. The molecular formula is C13H19Cl2IN6O. The maximum atomic E-state index is 6.04. The van der Waals surface area contributed by atoms with Gasteiger partial charge < -0.3 is 19.7 Å². The highest BCUT2D eigenvalue weighted by Gasteiger charge is 2.09. The van der Waals surface area contributed by atoms with E-state index in [1.807, 2.05) is 17.7 Å². The molecular weight excluding hydrogens is 454 g/mol. The van der Waals surface area contributed by atoms with Gasteiger partial charge in [0, 0.05) is 32.8 Å². The van der Waals surface area contributed by atoms with E-state index in [0.29, 0.717) is 47.4 Å². The summed E-state index contributed by atoms with van der Waals surface area (Å²) in [5, 5.41) is 11.2. The molecule has 0 saturated carbocycles. The minimum Gasteiger partial charge on any atom is -0.356 e. The maximum Gasteiger partial charge on any atom is 0.228 e. The predicted octanol–water partition coefficient (Wildman–Crippen LogP) is 2.55. The van der Waals surface area contributed by atoms with E-state index < -0.39 is 0 Å². The topological polar surface area (TPSA) is 80.3 Å². The van der Waals surface area contributed by atoms with Crippen molar-refractivity contribution in [3.8, 4) is 0 Å². The molecule has 0 unspecified atom stereocenters. The molecule has 0 amide bonds. The first kappa shape index (κ1) is 20.0. The molecule has 0 aliphatic carbocycles. The Labute approximate surface area is 161 Å². The molecule has 0 bridgehead atoms. The lowest BCUT2D eigenvalue weighted by molar-refractivity contribution is 0.374. The third-order valence-corrected chi connectivity index (χ3v) is 3.92. The Morgan fingerprint density at radius 3 is 2.65 bits per heavy atom. The number of aromatic nitrogens is 3. The van der Waals surface area contributed by atoms with Gasteiger partial charge >= 0.3 is 0 Å². The number of hydrogen-bond donors (Lipinski definition) is 2. The average Bonchev–Trinajstić information content (AvgIpc) is 3.02. The molecule has 2 heterocycles. The van der Waals surface area contributed by atoms with Gasteiger partial charge in [0.1, 0.15) is 5.15 Å². The second-order valence-electron chi connectivity index (χ2n) is 4.67. The van der Waals surface area contributed by atoms with Crippen LogP contribution >= 0.6 is 47.2 Å². The summed E-state index contributed by atoms with van der Waals surface area (Å²) < 4.78 is 6.87. The van der Waals surface area contributed by atoms with E-state index in [9.17, 15) is 0 Å². The van der Waals surface area contributed by atoms with Crippen molar-refractivity contribution in [2.75, 3.05) is 13.6 Å². The molecule has 0 fully saturated rings. The lowest BCUT2D eigenvalue weighted by Gasteiger charge is -2.11. The fourth-order valence-corrected chi connectivity index (χ4v) is 2.30. The zero-order chi connectivity index (χ0) is 16.1. The number of nitrogens with one attached hydrogen (secondary N) is 2. The van der Waals surface area contributed by atoms with Crippen LogP contribution in [-0.4, -0.2) is 34.3 Å². The van der Waals surface area contributed by atoms with Gasteiger partial charge in [-0.3, -0.25) is 4.99 Å². The first-order valence-corrected chi connectivity index (χ1v) is 7.50. The number of halogens is 3. The largest absolute Gasteiger partial charge is 0.356 e. The van der Waals surface area contributed by atoms with Crippen LogP contribution in [-0.2, 0) is 20.0 Å². The smallest absolute Gasteiger partial charge is 0.228 e. The second-order valence-corrected chi connectivity index (χ2v) is 5.44. The Balaban J connectivity index is 0.00000264. The number of aryl methyl sites for hydroxylation is 1. The van der Waals surface area contributed by atoms with Gasteiger partial charge in [0.25, 0.3) is 0 Å². The third-order valence-electron chi connectivity index (χ3n) is 3.08. The third kappa shape index (κ3) is 5.54. The molecule has 7 nitrogen and oxygen atoms in total. The highest BCUT2D eigenvalue weighted by atomic mass is 127. The minimum absolute atomic E-state index is 0. The monoisotopic (exact) mass is 472 g/mol. The van der Waals surface area contributed by atoms with Crippen molar-refractivity contribution >= 4 is 53.1 Å². The Morgan fingerprint density at radius 1 is 1.39 bits per heavy atom. The minimum atomic E-state index is 0. The fraction of sp³-hybridized carbons (Fsp3) is 0.462. The van der Waals surface area contributed by atoms with E-state index >= 15 is 0 Å². The molecule has 2 N–H and O–H groups in total. The summed E-state index contributed by atoms with van der Waals surface area (Å²) in [5.41, 5.74) is 0.963. The summed E-state index contributed by atoms with van der Waals surface area (Å²) in [6, 6.07) is 1.82. The van der Waals surface area contributed by atoms with Crippen LogP contribution in [0.4, 0.5) is 0 Å². The van der Waals surface area contributed by atoms with Crippen molar-refractivity contribution in [3.05, 3.63) is 33.7 Å². The van der Waals surface area contributed by atoms with Crippen LogP contribution in [0, 0.1) is 6.92 Å². The molecule has 0 spiro atoms. The highest BCUT2D eigenvalue weighted by Crippen LogP contribution is 2.24. The summed E-state index contributed by atoms with van der Waals surface area (Å²) in [7, 11) is 3.57. The van der Waals surface area contributed by atoms with Crippen LogP contribution in [0.15, 0.2) is 15.6 Å². The molecule has 0 radical (unpaired) electrons. The zero-order valence-electron chi connectivity index (χ0n) is 13.1. The maximum absolute atomic E-state index is 6.04. The van der Waals surface area contributed by atoms with Crippen LogP contribution in [0.3, 0.4) is 0 Å². The number of rotatable bonds is 5. The lowest BCUT2D eigenvalue weighted by Crippen LogP contribution is -2.38. The Hall–Kier alpha value is -1.000. The molecule has 2 rings (SSSR count). The van der Waals surface area contributed by atoms with E-state index in [1.165, 1.54) is 0 Å². The number of guanidine groups is 1. The summed E-state index contributed by atoms with van der Waals surface area (Å²) in [6.45, 7) is 2.98. The van der Waals surface area contributed by atoms with Gasteiger partial charge in [-0.25, -0.2) is 0 Å². The number of hydrogen-bond acceptors (Lipinski definition) is 4. The molecule has 10 heteroatoms. The van der Waals surface area contributed by atoms with E-state index in [4.69, 9.17) is 27.7 Å². The van der Waals surface area contributed by atoms with Crippen molar-refractivity contribution < 1.29 is 4.52 Å². The van der Waals surface area contributed by atoms with Crippen LogP contribution in [0.25, 0.3) is 0 Å². The van der Waals surface area contributed by atoms with E-state index in [2.05, 4.69) is 25.8 Å². The number of aliphatic imine (C=N–C) groups is 1. The van der Waals surface area contributed by atoms with E-state index in [1.54, 1.807) is 14.0 Å². The average molecular weight is 473 g/mol. The van der Waals surface area contributed by atoms with Crippen molar-refractivity contribution in [2.45, 2.75) is 19.9 Å². The highest BCUT2D eigenvalue weighted by molar-refractivity contribution is 14.0. The predicted molar refractivity (Wildman–Crippen MR) is 102 cm³/mol. The lowest BCUT2D eigenvalue weighted by atomic mass is 10.4. The van der Waals surface area contributed by atoms with Gasteiger partial charge in [-0.05, 0) is 13.0 Å². The normalized spacial score (nSPS) is 11.3. The van der Waals surface area contributed by atoms with Gasteiger partial charge in [0.05, 0.1) is 11.6 Å². The first-order chi connectivity index (χ1) is 10.5. The number of nitrogens with zero attached hydrogens (tertiary/aromatic N) is 4. The van der Waals surface area contributed by atoms with Gasteiger partial charge in [0.2, 0.25) is 5.89 Å². The van der Waals surface area contributed by atoms with Crippen LogP contribution < -0.4 is 10.6 Å². The van der Waals surface area contributed by atoms with Crippen LogP contribution in [0.5, 0.6) is 0 Å². The molecule has 0 atom stereocenters. The van der Waals surface area contributed by atoms with Crippen LogP contribution in [0.1, 0.15) is 17.4 Å². The molecule has 0 aliphatic heterocycles. The summed E-state index contributed by atoms with van der Waals surface area (Å²) in [6.07, 6.45) is 0.628. The molecule has 2 aromatic rings. The quantitative estimate of drug-likeness (QED) is 0.397.